The first-order chi connectivity index (χ1) is 13.6. The summed E-state index contributed by atoms with van der Waals surface area (Å²) < 4.78 is 26.1. The summed E-state index contributed by atoms with van der Waals surface area (Å²) in [6.07, 6.45) is 0.836. The predicted molar refractivity (Wildman–Crippen MR) is 110 cm³/mol. The number of hydrogen-bond acceptors (Lipinski definition) is 4. The van der Waals surface area contributed by atoms with Crippen LogP contribution in [0.15, 0.2) is 53.4 Å². The van der Waals surface area contributed by atoms with E-state index < -0.39 is 10.8 Å². The monoisotopic (exact) mass is 416 g/mol. The summed E-state index contributed by atoms with van der Waals surface area (Å²) in [5.74, 6) is 1.65. The molecule has 1 atom stereocenters. The van der Waals surface area contributed by atoms with Gasteiger partial charge in [0.25, 0.3) is 0 Å². The minimum Gasteiger partial charge on any atom is -0.490 e. The highest BCUT2D eigenvalue weighted by molar-refractivity contribution is 7.84. The summed E-state index contributed by atoms with van der Waals surface area (Å²) in [7, 11) is -1.27. The summed E-state index contributed by atoms with van der Waals surface area (Å²) in [4.78, 5) is 0.690. The third-order valence-electron chi connectivity index (χ3n) is 4.62. The van der Waals surface area contributed by atoms with E-state index in [4.69, 9.17) is 21.1 Å². The Morgan fingerprint density at radius 1 is 1.11 bits per heavy atom. The number of rotatable bonds is 5. The van der Waals surface area contributed by atoms with Crippen LogP contribution in [-0.4, -0.2) is 27.2 Å². The maximum atomic E-state index is 13.0. The zero-order valence-electron chi connectivity index (χ0n) is 15.6. The van der Waals surface area contributed by atoms with Gasteiger partial charge in [0.05, 0.1) is 42.0 Å². The molecule has 0 aliphatic carbocycles. The Bertz CT molecular complexity index is 1000. The lowest BCUT2D eigenvalue weighted by atomic mass is 10.2. The van der Waals surface area contributed by atoms with Crippen molar-refractivity contribution in [1.29, 1.82) is 0 Å². The van der Waals surface area contributed by atoms with Crippen molar-refractivity contribution in [1.82, 2.24) is 9.78 Å². The zero-order chi connectivity index (χ0) is 19.5. The van der Waals surface area contributed by atoms with Crippen LogP contribution in [0.2, 0.25) is 5.15 Å². The average Bonchev–Trinajstić information content (AvgIpc) is 2.89. The molecule has 0 amide bonds. The molecule has 0 saturated heterocycles. The van der Waals surface area contributed by atoms with Gasteiger partial charge in [0, 0.05) is 22.9 Å². The number of hydrogen-bond donors (Lipinski definition) is 0. The molecule has 0 spiro atoms. The summed E-state index contributed by atoms with van der Waals surface area (Å²) >= 11 is 6.57. The molecule has 1 aliphatic heterocycles. The Balaban J connectivity index is 1.54. The van der Waals surface area contributed by atoms with Crippen LogP contribution in [0.5, 0.6) is 11.5 Å². The van der Waals surface area contributed by atoms with Crippen LogP contribution in [0.4, 0.5) is 0 Å². The van der Waals surface area contributed by atoms with E-state index in [1.54, 1.807) is 10.7 Å². The van der Waals surface area contributed by atoms with Crippen molar-refractivity contribution < 1.29 is 13.7 Å². The maximum absolute atomic E-state index is 13.0. The van der Waals surface area contributed by atoms with E-state index in [1.807, 2.05) is 49.4 Å². The van der Waals surface area contributed by atoms with Gasteiger partial charge in [-0.1, -0.05) is 41.9 Å². The molecule has 4 rings (SSSR count). The lowest BCUT2D eigenvalue weighted by Gasteiger charge is -2.09. The summed E-state index contributed by atoms with van der Waals surface area (Å²) in [5.41, 5.74) is 2.72. The van der Waals surface area contributed by atoms with Crippen LogP contribution < -0.4 is 9.47 Å². The Kier molecular flexibility index (Phi) is 5.69. The van der Waals surface area contributed by atoms with Gasteiger partial charge in [-0.3, -0.25) is 4.21 Å². The van der Waals surface area contributed by atoms with Gasteiger partial charge in [-0.05, 0) is 24.6 Å². The van der Waals surface area contributed by atoms with Gasteiger partial charge < -0.3 is 9.47 Å². The maximum Gasteiger partial charge on any atom is 0.162 e. The van der Waals surface area contributed by atoms with E-state index in [0.29, 0.717) is 47.1 Å². The van der Waals surface area contributed by atoms with E-state index in [2.05, 4.69) is 5.10 Å². The van der Waals surface area contributed by atoms with Crippen LogP contribution in [0.3, 0.4) is 0 Å². The number of fused-ring (bicyclic) bond motifs is 1. The molecule has 3 aromatic rings. The van der Waals surface area contributed by atoms with Crippen LogP contribution >= 0.6 is 11.6 Å². The van der Waals surface area contributed by atoms with Gasteiger partial charge >= 0.3 is 0 Å². The first kappa shape index (κ1) is 19.0. The van der Waals surface area contributed by atoms with Gasteiger partial charge in [-0.2, -0.15) is 5.10 Å². The molecule has 2 heterocycles. The average molecular weight is 417 g/mol. The number of aryl methyl sites for hydroxylation is 1. The first-order valence-corrected chi connectivity index (χ1v) is 10.9. The fraction of sp³-hybridized carbons (Fsp3) is 0.286. The van der Waals surface area contributed by atoms with E-state index >= 15 is 0 Å². The molecule has 0 fully saturated rings. The molecular formula is C21H21ClN2O3S. The first-order valence-electron chi connectivity index (χ1n) is 9.15. The molecule has 1 aromatic heterocycles. The summed E-state index contributed by atoms with van der Waals surface area (Å²) in [6, 6.07) is 15.4. The number of aromatic nitrogens is 2. The lowest BCUT2D eigenvalue weighted by molar-refractivity contribution is 0.297. The minimum absolute atomic E-state index is 0.305. The van der Waals surface area contributed by atoms with Crippen molar-refractivity contribution in [2.75, 3.05) is 13.2 Å². The van der Waals surface area contributed by atoms with Gasteiger partial charge in [0.15, 0.2) is 11.5 Å². The van der Waals surface area contributed by atoms with E-state index in [0.717, 1.165) is 23.2 Å². The highest BCUT2D eigenvalue weighted by atomic mass is 35.5. The fourth-order valence-corrected chi connectivity index (χ4v) is 4.73. The molecule has 146 valence electrons. The SMILES string of the molecule is Cc1nn(Cc2ccccc2)c(Cl)c1CS(=O)c1ccc2c(c1)OCCCO2. The van der Waals surface area contributed by atoms with Crippen LogP contribution in [0, 0.1) is 6.92 Å². The highest BCUT2D eigenvalue weighted by Gasteiger charge is 2.19. The zero-order valence-corrected chi connectivity index (χ0v) is 17.1. The van der Waals surface area contributed by atoms with Gasteiger partial charge in [0.1, 0.15) is 5.15 Å². The lowest BCUT2D eigenvalue weighted by Crippen LogP contribution is -2.02. The van der Waals surface area contributed by atoms with Crippen molar-refractivity contribution in [3.05, 3.63) is 70.5 Å². The van der Waals surface area contributed by atoms with E-state index in [1.165, 1.54) is 0 Å². The smallest absolute Gasteiger partial charge is 0.162 e. The topological polar surface area (TPSA) is 53.4 Å². The predicted octanol–water partition coefficient (Wildman–Crippen LogP) is 4.36. The largest absolute Gasteiger partial charge is 0.490 e. The number of nitrogens with zero attached hydrogens (tertiary/aromatic N) is 2. The molecule has 5 nitrogen and oxygen atoms in total. The minimum atomic E-state index is -1.27. The van der Waals surface area contributed by atoms with Crippen LogP contribution in [-0.2, 0) is 23.1 Å². The molecule has 2 aromatic carbocycles. The summed E-state index contributed by atoms with van der Waals surface area (Å²) in [6.45, 7) is 3.70. The van der Waals surface area contributed by atoms with Crippen molar-refractivity contribution in [2.45, 2.75) is 30.5 Å². The van der Waals surface area contributed by atoms with E-state index in [9.17, 15) is 4.21 Å². The molecule has 1 unspecified atom stereocenters. The second-order valence-electron chi connectivity index (χ2n) is 6.65. The molecule has 7 heteroatoms. The molecule has 1 aliphatic rings. The van der Waals surface area contributed by atoms with Crippen LogP contribution in [0.1, 0.15) is 23.2 Å². The molecule has 28 heavy (non-hydrogen) atoms. The quantitative estimate of drug-likeness (QED) is 0.620. The van der Waals surface area contributed by atoms with Crippen molar-refractivity contribution in [3.63, 3.8) is 0 Å². The molecule has 0 N–H and O–H groups in total. The third kappa shape index (κ3) is 4.08. The fourth-order valence-electron chi connectivity index (χ4n) is 3.12. The van der Waals surface area contributed by atoms with Crippen molar-refractivity contribution in [3.8, 4) is 11.5 Å². The molecule has 0 saturated carbocycles. The highest BCUT2D eigenvalue weighted by Crippen LogP contribution is 2.32. The number of ether oxygens (including phenoxy) is 2. The Morgan fingerprint density at radius 2 is 1.86 bits per heavy atom. The second-order valence-corrected chi connectivity index (χ2v) is 8.46. The third-order valence-corrected chi connectivity index (χ3v) is 6.37. The normalized spacial score (nSPS) is 14.5. The molecule has 0 bridgehead atoms. The van der Waals surface area contributed by atoms with Crippen molar-refractivity contribution in [2.24, 2.45) is 0 Å². The standard InChI is InChI=1S/C21H21ClN2O3S/c1-15-18(21(22)24(23-15)13-16-6-3-2-4-7-16)14-28(25)17-8-9-19-20(12-17)27-11-5-10-26-19/h2-4,6-9,12H,5,10-11,13-14H2,1H3. The Labute approximate surface area is 171 Å². The van der Waals surface area contributed by atoms with Crippen LogP contribution in [0.25, 0.3) is 0 Å². The van der Waals surface area contributed by atoms with E-state index in [-0.39, 0.29) is 0 Å². The van der Waals surface area contributed by atoms with Gasteiger partial charge in [0.2, 0.25) is 0 Å². The second kappa shape index (κ2) is 8.37. The number of benzene rings is 2. The molecule has 0 radical (unpaired) electrons. The molecular weight excluding hydrogens is 396 g/mol. The van der Waals surface area contributed by atoms with Gasteiger partial charge in [-0.15, -0.1) is 0 Å². The number of halogens is 1. The van der Waals surface area contributed by atoms with Gasteiger partial charge in [-0.25, -0.2) is 4.68 Å². The summed E-state index contributed by atoms with van der Waals surface area (Å²) in [5, 5.41) is 5.07. The Hall–Kier alpha value is -2.31. The Morgan fingerprint density at radius 3 is 2.64 bits per heavy atom. The van der Waals surface area contributed by atoms with Crippen molar-refractivity contribution >= 4 is 22.4 Å².